The van der Waals surface area contributed by atoms with Gasteiger partial charge in [-0.15, -0.1) is 0 Å². The maximum Gasteiger partial charge on any atom is 0.241 e. The predicted molar refractivity (Wildman–Crippen MR) is 89.0 cm³/mol. The van der Waals surface area contributed by atoms with E-state index in [4.69, 9.17) is 5.73 Å². The Hall–Kier alpha value is -0.560. The van der Waals surface area contributed by atoms with Gasteiger partial charge >= 0.3 is 0 Å². The van der Waals surface area contributed by atoms with Crippen molar-refractivity contribution in [3.8, 4) is 0 Å². The van der Waals surface area contributed by atoms with Crippen LogP contribution in [0.15, 0.2) is 23.1 Å². The number of sulfonamides is 1. The number of nitrogens with two attached hydrogens (primary N) is 1. The van der Waals surface area contributed by atoms with E-state index in [0.29, 0.717) is 16.7 Å². The molecule has 0 aliphatic heterocycles. The van der Waals surface area contributed by atoms with E-state index in [2.05, 4.69) is 11.0 Å². The van der Waals surface area contributed by atoms with Gasteiger partial charge in [-0.05, 0) is 49.6 Å². The van der Waals surface area contributed by atoms with E-state index in [1.54, 1.807) is 6.07 Å². The number of benzene rings is 1. The van der Waals surface area contributed by atoms with E-state index >= 15 is 0 Å². The number of rotatable bonds is 5. The lowest BCUT2D eigenvalue weighted by Crippen LogP contribution is -2.39. The Morgan fingerprint density at radius 2 is 2.14 bits per heavy atom. The summed E-state index contributed by atoms with van der Waals surface area (Å²) in [5.41, 5.74) is 7.22. The highest BCUT2D eigenvalue weighted by Gasteiger charge is 2.27. The molecular formula is C15H24N2O2S2. The summed E-state index contributed by atoms with van der Waals surface area (Å²) in [6.45, 7) is 2.17. The molecule has 0 saturated heterocycles. The highest BCUT2D eigenvalue weighted by molar-refractivity contribution is 7.99. The van der Waals surface area contributed by atoms with Gasteiger partial charge in [0.05, 0.1) is 4.90 Å². The van der Waals surface area contributed by atoms with Crippen LogP contribution in [0.3, 0.4) is 0 Å². The molecule has 1 aliphatic carbocycles. The first-order valence-corrected chi connectivity index (χ1v) is 10.1. The van der Waals surface area contributed by atoms with E-state index in [9.17, 15) is 8.42 Å². The molecule has 21 heavy (non-hydrogen) atoms. The maximum absolute atomic E-state index is 12.6. The molecule has 1 aromatic carbocycles. The molecule has 0 spiro atoms. The summed E-state index contributed by atoms with van der Waals surface area (Å²) < 4.78 is 28.1. The summed E-state index contributed by atoms with van der Waals surface area (Å²) >= 11 is 1.83. The molecule has 1 aliphatic rings. The molecule has 6 heteroatoms. The van der Waals surface area contributed by atoms with Crippen molar-refractivity contribution in [3.63, 3.8) is 0 Å². The molecule has 1 fully saturated rings. The minimum absolute atomic E-state index is 0.0436. The first-order chi connectivity index (χ1) is 9.96. The zero-order valence-corrected chi connectivity index (χ0v) is 14.3. The number of thioether (sulfide) groups is 1. The Morgan fingerprint density at radius 3 is 2.81 bits per heavy atom. The Morgan fingerprint density at radius 1 is 1.38 bits per heavy atom. The molecule has 118 valence electrons. The molecule has 2 unspecified atom stereocenters. The van der Waals surface area contributed by atoms with E-state index in [0.717, 1.165) is 30.4 Å². The summed E-state index contributed by atoms with van der Waals surface area (Å²) in [6, 6.07) is 5.43. The van der Waals surface area contributed by atoms with E-state index in [1.807, 2.05) is 30.8 Å². The lowest BCUT2D eigenvalue weighted by Gasteiger charge is -2.28. The van der Waals surface area contributed by atoms with Crippen LogP contribution in [0.2, 0.25) is 0 Å². The summed E-state index contributed by atoms with van der Waals surface area (Å²) in [7, 11) is -3.47. The maximum atomic E-state index is 12.6. The van der Waals surface area contributed by atoms with Crippen molar-refractivity contribution in [2.45, 2.75) is 55.3 Å². The molecular weight excluding hydrogens is 304 g/mol. The fourth-order valence-electron chi connectivity index (χ4n) is 2.81. The third kappa shape index (κ3) is 4.22. The van der Waals surface area contributed by atoms with E-state index < -0.39 is 10.0 Å². The van der Waals surface area contributed by atoms with Crippen LogP contribution in [0.4, 0.5) is 0 Å². The van der Waals surface area contributed by atoms with Gasteiger partial charge in [0, 0.05) is 17.8 Å². The van der Waals surface area contributed by atoms with Crippen molar-refractivity contribution < 1.29 is 8.42 Å². The van der Waals surface area contributed by atoms with Crippen LogP contribution in [-0.4, -0.2) is 26.0 Å². The molecule has 1 aromatic rings. The van der Waals surface area contributed by atoms with Gasteiger partial charge in [-0.25, -0.2) is 13.1 Å². The van der Waals surface area contributed by atoms with Crippen LogP contribution < -0.4 is 10.5 Å². The van der Waals surface area contributed by atoms with Crippen molar-refractivity contribution in [1.82, 2.24) is 4.72 Å². The zero-order chi connectivity index (χ0) is 15.5. The summed E-state index contributed by atoms with van der Waals surface area (Å²) in [6.07, 6.45) is 6.19. The quantitative estimate of drug-likeness (QED) is 0.870. The van der Waals surface area contributed by atoms with E-state index in [-0.39, 0.29) is 6.04 Å². The fraction of sp³-hybridized carbons (Fsp3) is 0.600. The molecule has 0 radical (unpaired) electrons. The van der Waals surface area contributed by atoms with Crippen LogP contribution in [0, 0.1) is 6.92 Å². The number of nitrogens with one attached hydrogen (secondary N) is 1. The van der Waals surface area contributed by atoms with Gasteiger partial charge in [-0.3, -0.25) is 0 Å². The first kappa shape index (κ1) is 16.8. The lowest BCUT2D eigenvalue weighted by molar-refractivity contribution is 0.420. The van der Waals surface area contributed by atoms with Crippen molar-refractivity contribution in [2.24, 2.45) is 5.73 Å². The van der Waals surface area contributed by atoms with Gasteiger partial charge in [-0.1, -0.05) is 18.6 Å². The van der Waals surface area contributed by atoms with Gasteiger partial charge < -0.3 is 5.73 Å². The minimum Gasteiger partial charge on any atom is -0.326 e. The second-order valence-corrected chi connectivity index (χ2v) is 8.47. The standard InChI is InChI=1S/C15H24N2O2S2/c1-11-6-7-12(10-16)8-15(11)21(18,19)17-13-4-3-5-14(9-13)20-2/h6-8,13-14,17H,3-5,9-10,16H2,1-2H3. The fourth-order valence-corrected chi connectivity index (χ4v) is 5.22. The largest absolute Gasteiger partial charge is 0.326 e. The Balaban J connectivity index is 2.18. The van der Waals surface area contributed by atoms with Crippen molar-refractivity contribution in [1.29, 1.82) is 0 Å². The van der Waals surface area contributed by atoms with Crippen LogP contribution >= 0.6 is 11.8 Å². The molecule has 1 saturated carbocycles. The van der Waals surface area contributed by atoms with Gasteiger partial charge in [0.15, 0.2) is 0 Å². The molecule has 0 heterocycles. The van der Waals surface area contributed by atoms with Crippen LogP contribution in [0.5, 0.6) is 0 Å². The lowest BCUT2D eigenvalue weighted by atomic mass is 9.96. The molecule has 2 rings (SSSR count). The van der Waals surface area contributed by atoms with Crippen molar-refractivity contribution in [2.75, 3.05) is 6.26 Å². The average Bonchev–Trinajstić information content (AvgIpc) is 2.47. The Kier molecular flexibility index (Phi) is 5.71. The number of hydrogen-bond acceptors (Lipinski definition) is 4. The van der Waals surface area contributed by atoms with Gasteiger partial charge in [0.2, 0.25) is 10.0 Å². The van der Waals surface area contributed by atoms with E-state index in [1.165, 1.54) is 6.42 Å². The average molecular weight is 329 g/mol. The smallest absolute Gasteiger partial charge is 0.241 e. The summed E-state index contributed by atoms with van der Waals surface area (Å²) in [4.78, 5) is 0.358. The molecule has 3 N–H and O–H groups in total. The van der Waals surface area contributed by atoms with Crippen LogP contribution in [0.1, 0.15) is 36.8 Å². The van der Waals surface area contributed by atoms with Gasteiger partial charge in [0.1, 0.15) is 0 Å². The van der Waals surface area contributed by atoms with Crippen molar-refractivity contribution in [3.05, 3.63) is 29.3 Å². The first-order valence-electron chi connectivity index (χ1n) is 7.31. The van der Waals surface area contributed by atoms with Crippen molar-refractivity contribution >= 4 is 21.8 Å². The molecule has 2 atom stereocenters. The Labute approximate surface area is 131 Å². The third-order valence-electron chi connectivity index (χ3n) is 4.06. The SMILES string of the molecule is CSC1CCCC(NS(=O)(=O)c2cc(CN)ccc2C)C1. The van der Waals surface area contributed by atoms with Crippen LogP contribution in [0.25, 0.3) is 0 Å². The monoisotopic (exact) mass is 328 g/mol. The third-order valence-corrected chi connectivity index (χ3v) is 6.82. The summed E-state index contributed by atoms with van der Waals surface area (Å²) in [5, 5.41) is 0.558. The second kappa shape index (κ2) is 7.13. The molecule has 0 bridgehead atoms. The molecule has 0 amide bonds. The van der Waals surface area contributed by atoms with Crippen LogP contribution in [-0.2, 0) is 16.6 Å². The topological polar surface area (TPSA) is 72.2 Å². The van der Waals surface area contributed by atoms with Gasteiger partial charge in [0.25, 0.3) is 0 Å². The van der Waals surface area contributed by atoms with Gasteiger partial charge in [-0.2, -0.15) is 11.8 Å². The normalized spacial score (nSPS) is 23.2. The minimum atomic E-state index is -3.47. The Bertz CT molecular complexity index is 587. The highest BCUT2D eigenvalue weighted by atomic mass is 32.2. The highest BCUT2D eigenvalue weighted by Crippen LogP contribution is 2.28. The zero-order valence-electron chi connectivity index (χ0n) is 12.6. The molecule has 4 nitrogen and oxygen atoms in total. The number of aryl methyl sites for hydroxylation is 1. The summed E-state index contributed by atoms with van der Waals surface area (Å²) in [5.74, 6) is 0. The predicted octanol–water partition coefficient (Wildman–Crippen LogP) is 2.41. The second-order valence-electron chi connectivity index (χ2n) is 5.65. The molecule has 0 aromatic heterocycles. The number of hydrogen-bond donors (Lipinski definition) is 2.